The molecule has 0 aliphatic rings. The molecule has 0 unspecified atom stereocenters. The Labute approximate surface area is 159 Å². The van der Waals surface area contributed by atoms with Crippen molar-refractivity contribution in [1.29, 1.82) is 0 Å². The summed E-state index contributed by atoms with van der Waals surface area (Å²) in [7, 11) is 0. The van der Waals surface area contributed by atoms with E-state index in [1.807, 2.05) is 54.9 Å². The van der Waals surface area contributed by atoms with Gasteiger partial charge in [0.15, 0.2) is 0 Å². The molecule has 0 bridgehead atoms. The average Bonchev–Trinajstić information content (AvgIpc) is 3.28. The molecule has 134 valence electrons. The molecular formula is C19H16N6OS. The summed E-state index contributed by atoms with van der Waals surface area (Å²) in [5.41, 5.74) is 1.68. The van der Waals surface area contributed by atoms with Crippen LogP contribution in [0.3, 0.4) is 0 Å². The van der Waals surface area contributed by atoms with Crippen molar-refractivity contribution in [2.24, 2.45) is 0 Å². The molecule has 0 spiro atoms. The second-order valence-electron chi connectivity index (χ2n) is 5.86. The highest BCUT2D eigenvalue weighted by atomic mass is 32.1. The number of carbonyl (C=O) groups excluding carboxylic acids is 1. The molecule has 0 aliphatic heterocycles. The van der Waals surface area contributed by atoms with Crippen molar-refractivity contribution in [3.63, 3.8) is 0 Å². The first-order chi connectivity index (χ1) is 13.1. The van der Waals surface area contributed by atoms with E-state index in [0.29, 0.717) is 22.2 Å². The lowest BCUT2D eigenvalue weighted by Crippen LogP contribution is -2.13. The van der Waals surface area contributed by atoms with E-state index in [1.54, 1.807) is 12.3 Å². The first-order valence-electron chi connectivity index (χ1n) is 8.28. The summed E-state index contributed by atoms with van der Waals surface area (Å²) in [6.07, 6.45) is 4.92. The van der Waals surface area contributed by atoms with Gasteiger partial charge in [0.2, 0.25) is 0 Å². The standard InChI is InChI=1S/C19H16N6OS/c1-12-17(27-19(23-12)14-6-4-3-5-7-14)18(26)24-15-10-16(22-11-21-15)25-9-8-20-13(25)2/h3-11H,1-2H3,(H,21,22,24,26). The van der Waals surface area contributed by atoms with Gasteiger partial charge in [-0.3, -0.25) is 9.36 Å². The van der Waals surface area contributed by atoms with Gasteiger partial charge < -0.3 is 5.32 Å². The molecule has 0 saturated heterocycles. The molecule has 1 aromatic carbocycles. The van der Waals surface area contributed by atoms with Gasteiger partial charge in [0, 0.05) is 24.0 Å². The third kappa shape index (κ3) is 3.47. The summed E-state index contributed by atoms with van der Waals surface area (Å²) in [4.78, 5) is 30.4. The van der Waals surface area contributed by atoms with E-state index in [9.17, 15) is 4.79 Å². The molecule has 3 heterocycles. The van der Waals surface area contributed by atoms with Crippen LogP contribution in [0.25, 0.3) is 16.4 Å². The van der Waals surface area contributed by atoms with Crippen molar-refractivity contribution < 1.29 is 4.79 Å². The quantitative estimate of drug-likeness (QED) is 0.587. The summed E-state index contributed by atoms with van der Waals surface area (Å²) in [6.45, 7) is 3.71. The fraction of sp³-hybridized carbons (Fsp3) is 0.105. The molecule has 4 aromatic rings. The normalized spacial score (nSPS) is 10.7. The maximum Gasteiger partial charge on any atom is 0.268 e. The number of hydrogen-bond acceptors (Lipinski definition) is 6. The van der Waals surface area contributed by atoms with Crippen LogP contribution in [-0.2, 0) is 0 Å². The van der Waals surface area contributed by atoms with E-state index in [0.717, 1.165) is 16.4 Å². The van der Waals surface area contributed by atoms with Crippen molar-refractivity contribution >= 4 is 23.1 Å². The van der Waals surface area contributed by atoms with E-state index >= 15 is 0 Å². The molecule has 0 saturated carbocycles. The van der Waals surface area contributed by atoms with Crippen LogP contribution in [0.15, 0.2) is 55.1 Å². The summed E-state index contributed by atoms with van der Waals surface area (Å²) < 4.78 is 1.82. The summed E-state index contributed by atoms with van der Waals surface area (Å²) in [5, 5.41) is 3.65. The van der Waals surface area contributed by atoms with Gasteiger partial charge in [-0.25, -0.2) is 19.9 Å². The Morgan fingerprint density at radius 1 is 1.11 bits per heavy atom. The second kappa shape index (κ2) is 7.08. The van der Waals surface area contributed by atoms with Crippen LogP contribution in [0.4, 0.5) is 5.82 Å². The number of hydrogen-bond donors (Lipinski definition) is 1. The largest absolute Gasteiger partial charge is 0.306 e. The van der Waals surface area contributed by atoms with Crippen LogP contribution in [0, 0.1) is 13.8 Å². The number of rotatable bonds is 4. The number of imidazole rings is 1. The van der Waals surface area contributed by atoms with E-state index in [2.05, 4.69) is 25.3 Å². The predicted octanol–water partition coefficient (Wildman–Crippen LogP) is 3.65. The maximum absolute atomic E-state index is 12.7. The molecule has 1 amide bonds. The third-order valence-corrected chi connectivity index (χ3v) is 5.20. The topological polar surface area (TPSA) is 85.6 Å². The summed E-state index contributed by atoms with van der Waals surface area (Å²) in [6, 6.07) is 11.5. The SMILES string of the molecule is Cc1nc(-c2ccccc2)sc1C(=O)Nc1cc(-n2ccnc2C)ncn1. The monoisotopic (exact) mass is 376 g/mol. The molecule has 0 fully saturated rings. The lowest BCUT2D eigenvalue weighted by Gasteiger charge is -2.07. The third-order valence-electron chi connectivity index (χ3n) is 3.99. The van der Waals surface area contributed by atoms with E-state index in [4.69, 9.17) is 0 Å². The van der Waals surface area contributed by atoms with Crippen molar-refractivity contribution in [3.05, 3.63) is 71.5 Å². The van der Waals surface area contributed by atoms with Gasteiger partial charge in [-0.15, -0.1) is 11.3 Å². The highest BCUT2D eigenvalue weighted by Gasteiger charge is 2.17. The van der Waals surface area contributed by atoms with Crippen molar-refractivity contribution in [3.8, 4) is 16.4 Å². The van der Waals surface area contributed by atoms with Crippen LogP contribution in [0.2, 0.25) is 0 Å². The van der Waals surface area contributed by atoms with Crippen LogP contribution in [0.1, 0.15) is 21.2 Å². The van der Waals surface area contributed by atoms with Crippen LogP contribution < -0.4 is 5.32 Å². The number of aryl methyl sites for hydroxylation is 2. The minimum Gasteiger partial charge on any atom is -0.306 e. The van der Waals surface area contributed by atoms with Crippen LogP contribution >= 0.6 is 11.3 Å². The summed E-state index contributed by atoms with van der Waals surface area (Å²) in [5.74, 6) is 1.63. The van der Waals surface area contributed by atoms with Gasteiger partial charge in [0.1, 0.15) is 33.7 Å². The first kappa shape index (κ1) is 17.0. The van der Waals surface area contributed by atoms with Crippen molar-refractivity contribution in [2.45, 2.75) is 13.8 Å². The molecule has 1 N–H and O–H groups in total. The minimum atomic E-state index is -0.237. The number of nitrogens with zero attached hydrogens (tertiary/aromatic N) is 5. The number of thiazole rings is 1. The lowest BCUT2D eigenvalue weighted by molar-refractivity contribution is 0.102. The van der Waals surface area contributed by atoms with Crippen molar-refractivity contribution in [1.82, 2.24) is 24.5 Å². The molecule has 3 aromatic heterocycles. The number of nitrogens with one attached hydrogen (secondary N) is 1. The fourth-order valence-corrected chi connectivity index (χ4v) is 3.62. The van der Waals surface area contributed by atoms with Gasteiger partial charge in [0.25, 0.3) is 5.91 Å². The molecule has 27 heavy (non-hydrogen) atoms. The number of aromatic nitrogens is 5. The minimum absolute atomic E-state index is 0.237. The Morgan fingerprint density at radius 2 is 1.93 bits per heavy atom. The van der Waals surface area contributed by atoms with E-state index in [1.165, 1.54) is 17.7 Å². The number of carbonyl (C=O) groups is 1. The number of anilines is 1. The molecule has 0 atom stereocenters. The Balaban J connectivity index is 1.58. The zero-order valence-electron chi connectivity index (χ0n) is 14.7. The Morgan fingerprint density at radius 3 is 2.67 bits per heavy atom. The fourth-order valence-electron chi connectivity index (χ4n) is 2.65. The molecule has 0 aliphatic carbocycles. The Hall–Kier alpha value is -3.39. The molecular weight excluding hydrogens is 360 g/mol. The van der Waals surface area contributed by atoms with Gasteiger partial charge in [-0.2, -0.15) is 0 Å². The Bertz CT molecular complexity index is 1100. The van der Waals surface area contributed by atoms with Gasteiger partial charge in [-0.1, -0.05) is 30.3 Å². The lowest BCUT2D eigenvalue weighted by atomic mass is 10.2. The number of amides is 1. The van der Waals surface area contributed by atoms with Gasteiger partial charge in [0.05, 0.1) is 5.69 Å². The smallest absolute Gasteiger partial charge is 0.268 e. The van der Waals surface area contributed by atoms with Gasteiger partial charge >= 0.3 is 0 Å². The van der Waals surface area contributed by atoms with Crippen molar-refractivity contribution in [2.75, 3.05) is 5.32 Å². The predicted molar refractivity (Wildman–Crippen MR) is 104 cm³/mol. The van der Waals surface area contributed by atoms with E-state index in [-0.39, 0.29) is 5.91 Å². The van der Waals surface area contributed by atoms with Gasteiger partial charge in [-0.05, 0) is 13.8 Å². The highest BCUT2D eigenvalue weighted by molar-refractivity contribution is 7.17. The zero-order chi connectivity index (χ0) is 18.8. The molecule has 4 rings (SSSR count). The molecule has 7 nitrogen and oxygen atoms in total. The average molecular weight is 376 g/mol. The van der Waals surface area contributed by atoms with Crippen LogP contribution in [0.5, 0.6) is 0 Å². The number of benzene rings is 1. The molecule has 8 heteroatoms. The summed E-state index contributed by atoms with van der Waals surface area (Å²) >= 11 is 1.36. The van der Waals surface area contributed by atoms with Crippen LogP contribution in [-0.4, -0.2) is 30.4 Å². The first-order valence-corrected chi connectivity index (χ1v) is 9.10. The maximum atomic E-state index is 12.7. The highest BCUT2D eigenvalue weighted by Crippen LogP contribution is 2.28. The van der Waals surface area contributed by atoms with E-state index < -0.39 is 0 Å². The second-order valence-corrected chi connectivity index (χ2v) is 6.86. The molecule has 0 radical (unpaired) electrons. The zero-order valence-corrected chi connectivity index (χ0v) is 15.6. The Kier molecular flexibility index (Phi) is 4.47.